The minimum atomic E-state index is -1.25. The lowest BCUT2D eigenvalue weighted by molar-refractivity contribution is -0.166. The van der Waals surface area contributed by atoms with E-state index in [9.17, 15) is 24.0 Å². The van der Waals surface area contributed by atoms with Crippen molar-refractivity contribution in [2.45, 2.75) is 51.9 Å². The first-order chi connectivity index (χ1) is 16.7. The van der Waals surface area contributed by atoms with Crippen LogP contribution in [0.25, 0.3) is 6.08 Å². The van der Waals surface area contributed by atoms with Gasteiger partial charge in [-0.3, -0.25) is 28.3 Å². The highest BCUT2D eigenvalue weighted by atomic mass is 16.7. The first-order valence-electron chi connectivity index (χ1n) is 10.8. The van der Waals surface area contributed by atoms with Crippen LogP contribution in [0.5, 0.6) is 0 Å². The highest BCUT2D eigenvalue weighted by molar-refractivity contribution is 5.68. The second kappa shape index (κ2) is 11.4. The molecule has 3 rings (SSSR count). The maximum atomic E-state index is 13.2. The summed E-state index contributed by atoms with van der Waals surface area (Å²) in [6, 6.07) is 10.5. The number of rotatable bonds is 8. The minimum Gasteiger partial charge on any atom is -0.463 e. The van der Waals surface area contributed by atoms with Crippen molar-refractivity contribution in [2.75, 3.05) is 6.61 Å². The summed E-state index contributed by atoms with van der Waals surface area (Å²) in [6.07, 6.45) is -0.0345. The number of hydrogen-bond acceptors (Lipinski definition) is 9. The Morgan fingerprint density at radius 3 is 2.23 bits per heavy atom. The topological polar surface area (TPSA) is 132 Å². The van der Waals surface area contributed by atoms with E-state index in [1.54, 1.807) is 12.2 Å². The largest absolute Gasteiger partial charge is 0.463 e. The Morgan fingerprint density at radius 2 is 1.60 bits per heavy atom. The van der Waals surface area contributed by atoms with E-state index in [0.29, 0.717) is 0 Å². The van der Waals surface area contributed by atoms with Crippen LogP contribution in [0.3, 0.4) is 0 Å². The Bertz CT molecular complexity index is 1220. The number of nitrogens with zero attached hydrogens (tertiary/aromatic N) is 2. The molecule has 1 aromatic carbocycles. The Kier molecular flexibility index (Phi) is 8.37. The van der Waals surface area contributed by atoms with Gasteiger partial charge in [0.05, 0.1) is 0 Å². The van der Waals surface area contributed by atoms with E-state index in [1.807, 2.05) is 30.3 Å². The maximum absolute atomic E-state index is 13.2. The predicted molar refractivity (Wildman–Crippen MR) is 122 cm³/mol. The smallest absolute Gasteiger partial charge is 0.333 e. The third-order valence-corrected chi connectivity index (χ3v) is 5.11. The van der Waals surface area contributed by atoms with E-state index in [0.717, 1.165) is 28.5 Å². The summed E-state index contributed by atoms with van der Waals surface area (Å²) < 4.78 is 23.6. The van der Waals surface area contributed by atoms with Gasteiger partial charge in [0.2, 0.25) is 0 Å². The number of benzene rings is 1. The van der Waals surface area contributed by atoms with Crippen LogP contribution < -0.4 is 11.2 Å². The molecule has 0 aliphatic carbocycles. The van der Waals surface area contributed by atoms with Crippen LogP contribution in [0.2, 0.25) is 0 Å². The van der Waals surface area contributed by atoms with Crippen LogP contribution in [0, 0.1) is 0 Å². The van der Waals surface area contributed by atoms with Gasteiger partial charge in [-0.1, -0.05) is 42.5 Å². The molecule has 1 aromatic heterocycles. The summed E-state index contributed by atoms with van der Waals surface area (Å²) in [5, 5.41) is 0. The van der Waals surface area contributed by atoms with Gasteiger partial charge in [-0.05, 0) is 5.56 Å². The zero-order chi connectivity index (χ0) is 25.5. The average molecular weight is 486 g/mol. The maximum Gasteiger partial charge on any atom is 0.333 e. The van der Waals surface area contributed by atoms with Crippen LogP contribution in [-0.2, 0) is 39.9 Å². The Labute approximate surface area is 200 Å². The number of aromatic nitrogens is 2. The summed E-state index contributed by atoms with van der Waals surface area (Å²) in [7, 11) is 0. The van der Waals surface area contributed by atoms with Crippen LogP contribution in [-0.4, -0.2) is 52.0 Å². The van der Waals surface area contributed by atoms with Crippen LogP contribution >= 0.6 is 0 Å². The molecular weight excluding hydrogens is 460 g/mol. The highest BCUT2D eigenvalue weighted by Crippen LogP contribution is 2.33. The molecule has 0 spiro atoms. The molecule has 1 aliphatic rings. The van der Waals surface area contributed by atoms with E-state index >= 15 is 0 Å². The average Bonchev–Trinajstić information content (AvgIpc) is 3.11. The van der Waals surface area contributed by atoms with Gasteiger partial charge < -0.3 is 18.9 Å². The van der Waals surface area contributed by atoms with Gasteiger partial charge >= 0.3 is 23.6 Å². The van der Waals surface area contributed by atoms with Crippen molar-refractivity contribution in [3.8, 4) is 0 Å². The summed E-state index contributed by atoms with van der Waals surface area (Å²) in [5.41, 5.74) is -0.380. The molecule has 0 N–H and O–H groups in total. The van der Waals surface area contributed by atoms with Gasteiger partial charge in [-0.2, -0.15) is 0 Å². The SMILES string of the molecule is CC(=O)OC[C@H]1O[C@@H](n2ccc(=O)n(C/C=C/c3ccccc3)c2=O)[C@H](OC(C)=O)[C@@H]1OC(C)=O. The molecule has 11 nitrogen and oxygen atoms in total. The van der Waals surface area contributed by atoms with Gasteiger partial charge in [0.15, 0.2) is 18.4 Å². The van der Waals surface area contributed by atoms with Crippen molar-refractivity contribution in [1.82, 2.24) is 9.13 Å². The molecule has 1 fully saturated rings. The van der Waals surface area contributed by atoms with Crippen molar-refractivity contribution in [3.63, 3.8) is 0 Å². The third-order valence-electron chi connectivity index (χ3n) is 5.11. The van der Waals surface area contributed by atoms with Gasteiger partial charge in [-0.25, -0.2) is 4.79 Å². The van der Waals surface area contributed by atoms with Crippen molar-refractivity contribution in [3.05, 3.63) is 75.1 Å². The second-order valence-corrected chi connectivity index (χ2v) is 7.78. The summed E-state index contributed by atoms with van der Waals surface area (Å²) >= 11 is 0. The van der Waals surface area contributed by atoms with E-state index in [1.165, 1.54) is 19.2 Å². The molecule has 11 heteroatoms. The van der Waals surface area contributed by atoms with Gasteiger partial charge in [0.1, 0.15) is 12.7 Å². The molecule has 0 saturated carbocycles. The van der Waals surface area contributed by atoms with Crippen molar-refractivity contribution >= 4 is 24.0 Å². The second-order valence-electron chi connectivity index (χ2n) is 7.78. The lowest BCUT2D eigenvalue weighted by Gasteiger charge is -2.24. The summed E-state index contributed by atoms with van der Waals surface area (Å²) in [4.78, 5) is 60.5. The molecule has 0 radical (unpaired) electrons. The molecule has 0 unspecified atom stereocenters. The number of carbonyl (C=O) groups is 3. The lowest BCUT2D eigenvalue weighted by atomic mass is 10.1. The molecule has 2 heterocycles. The normalized spacial score (nSPS) is 21.6. The fraction of sp³-hybridized carbons (Fsp3) is 0.375. The first kappa shape index (κ1) is 25.6. The van der Waals surface area contributed by atoms with Gasteiger partial charge in [0.25, 0.3) is 5.56 Å². The summed E-state index contributed by atoms with van der Waals surface area (Å²) in [6.45, 7) is 3.17. The quantitative estimate of drug-likeness (QED) is 0.397. The number of hydrogen-bond donors (Lipinski definition) is 0. The van der Waals surface area contributed by atoms with E-state index in [4.69, 9.17) is 18.9 Å². The van der Waals surface area contributed by atoms with Crippen LogP contribution in [0.15, 0.2) is 58.3 Å². The van der Waals surface area contributed by atoms with E-state index in [2.05, 4.69) is 0 Å². The molecule has 2 aromatic rings. The van der Waals surface area contributed by atoms with Crippen LogP contribution in [0.1, 0.15) is 32.6 Å². The first-order valence-corrected chi connectivity index (χ1v) is 10.8. The van der Waals surface area contributed by atoms with E-state index < -0.39 is 53.7 Å². The molecule has 0 bridgehead atoms. The minimum absolute atomic E-state index is 0.0252. The Morgan fingerprint density at radius 1 is 0.943 bits per heavy atom. The summed E-state index contributed by atoms with van der Waals surface area (Å²) in [5.74, 6) is -1.99. The molecule has 0 amide bonds. The number of allylic oxidation sites excluding steroid dienone is 1. The van der Waals surface area contributed by atoms with E-state index in [-0.39, 0.29) is 13.2 Å². The van der Waals surface area contributed by atoms with Gasteiger partial charge in [-0.15, -0.1) is 0 Å². The molecule has 4 atom stereocenters. The van der Waals surface area contributed by atoms with Crippen molar-refractivity contribution < 1.29 is 33.3 Å². The predicted octanol–water partition coefficient (Wildman–Crippen LogP) is 1.05. The third kappa shape index (κ3) is 6.54. The number of esters is 3. The molecule has 1 saturated heterocycles. The molecular formula is C24H26N2O9. The van der Waals surface area contributed by atoms with Gasteiger partial charge in [0, 0.05) is 39.6 Å². The lowest BCUT2D eigenvalue weighted by Crippen LogP contribution is -2.44. The van der Waals surface area contributed by atoms with Crippen LogP contribution in [0.4, 0.5) is 0 Å². The van der Waals surface area contributed by atoms with Crippen molar-refractivity contribution in [1.29, 1.82) is 0 Å². The molecule has 1 aliphatic heterocycles. The fourth-order valence-electron chi connectivity index (χ4n) is 3.67. The number of ether oxygens (including phenoxy) is 4. The van der Waals surface area contributed by atoms with Crippen molar-refractivity contribution in [2.24, 2.45) is 0 Å². The fourth-order valence-corrected chi connectivity index (χ4v) is 3.67. The monoisotopic (exact) mass is 486 g/mol. The zero-order valence-electron chi connectivity index (χ0n) is 19.5. The number of carbonyl (C=O) groups excluding carboxylic acids is 3. The Hall–Kier alpha value is -3.99. The molecule has 35 heavy (non-hydrogen) atoms. The zero-order valence-corrected chi connectivity index (χ0v) is 19.5. The Balaban J connectivity index is 1.96. The highest BCUT2D eigenvalue weighted by Gasteiger charge is 2.51. The standard InChI is InChI=1S/C24H26N2O9/c1-15(27)32-14-19-21(33-16(2)28)22(34-17(3)29)23(35-19)26-13-11-20(30)25(24(26)31)12-7-10-18-8-5-4-6-9-18/h4-11,13,19,21-23H,12,14H2,1-3H3/b10-7+/t19-,21-,22-,23-/m1/s1. The molecule has 186 valence electrons.